The molecule has 1 aromatic carbocycles. The molecule has 7 atom stereocenters. The Morgan fingerprint density at radius 2 is 1.77 bits per heavy atom. The molecular weight excluding hydrogens is 727 g/mol. The largest absolute Gasteiger partial charge is 0.508 e. The highest BCUT2D eigenvalue weighted by Gasteiger charge is 2.40. The number of allylic oxidation sites excluding steroid dienone is 1. The van der Waals surface area contributed by atoms with Crippen LogP contribution in [0.1, 0.15) is 110 Å². The van der Waals surface area contributed by atoms with E-state index < -0.39 is 59.8 Å². The molecule has 4 amide bonds. The number of amides is 4. The molecule has 14 heteroatoms. The molecule has 1 fully saturated rings. The zero-order valence-corrected chi connectivity index (χ0v) is 34.8. The Balaban J connectivity index is 2.00. The van der Waals surface area contributed by atoms with Gasteiger partial charge in [-0.1, -0.05) is 58.4 Å². The molecule has 57 heavy (non-hydrogen) atoms. The lowest BCUT2D eigenvalue weighted by atomic mass is 9.85. The highest BCUT2D eigenvalue weighted by atomic mass is 16.3. The zero-order chi connectivity index (χ0) is 42.1. The summed E-state index contributed by atoms with van der Waals surface area (Å²) in [5.41, 5.74) is 13.3. The number of fused-ring (bicyclic) bond motifs is 3. The molecule has 0 saturated carbocycles. The summed E-state index contributed by atoms with van der Waals surface area (Å²) in [6, 6.07) is 0.372. The number of phenolic OH excluding ortho intramolecular Hbond substituents is 1. The van der Waals surface area contributed by atoms with Crippen molar-refractivity contribution in [1.82, 2.24) is 26.2 Å². The van der Waals surface area contributed by atoms with Crippen LogP contribution < -0.4 is 32.7 Å². The fourth-order valence-corrected chi connectivity index (χ4v) is 7.59. The third-order valence-corrected chi connectivity index (χ3v) is 11.2. The number of Topliss-reactive ketones (excluding diaryl/α,β-unsaturated/α-hetero) is 2. The maximum atomic E-state index is 14.4. The third-order valence-electron chi connectivity index (χ3n) is 11.2. The molecule has 1 saturated heterocycles. The van der Waals surface area contributed by atoms with Gasteiger partial charge < -0.3 is 42.7 Å². The molecular formula is C43H69N7O7. The number of nitrogens with one attached hydrogen (secondary N) is 4. The molecule has 0 spiro atoms. The fourth-order valence-electron chi connectivity index (χ4n) is 7.59. The van der Waals surface area contributed by atoms with E-state index >= 15 is 0 Å². The van der Waals surface area contributed by atoms with Gasteiger partial charge >= 0.3 is 0 Å². The highest BCUT2D eigenvalue weighted by Crippen LogP contribution is 2.24. The topological polar surface area (TPSA) is 226 Å². The van der Waals surface area contributed by atoms with Gasteiger partial charge in [-0.05, 0) is 107 Å². The SMILES string of the molecule is CCC(C)[C@H](NC(=O)[C@@H]1Cc2ccc(O)c(c2)CC=CCNCCC[C@H](N)C(=O)N[C@@H](CCCCN)C(=O)N2CCC[C@H]2C(=O)N1)C(=O)C[C@@H](CC(C)C)C(C)=O. The molecule has 1 aromatic rings. The van der Waals surface area contributed by atoms with Crippen molar-refractivity contribution in [3.63, 3.8) is 0 Å². The molecule has 2 heterocycles. The van der Waals surface area contributed by atoms with Crippen LogP contribution in [-0.4, -0.2) is 102 Å². The van der Waals surface area contributed by atoms with E-state index in [-0.39, 0.29) is 42.0 Å². The van der Waals surface area contributed by atoms with Crippen LogP contribution in [0.4, 0.5) is 0 Å². The molecule has 2 aliphatic heterocycles. The minimum Gasteiger partial charge on any atom is -0.508 e. The van der Waals surface area contributed by atoms with Gasteiger partial charge in [-0.25, -0.2) is 0 Å². The van der Waals surface area contributed by atoms with E-state index in [1.807, 2.05) is 39.8 Å². The molecule has 318 valence electrons. The first-order chi connectivity index (χ1) is 27.2. The van der Waals surface area contributed by atoms with E-state index in [2.05, 4.69) is 21.3 Å². The van der Waals surface area contributed by atoms with Crippen LogP contribution in [0.15, 0.2) is 30.4 Å². The van der Waals surface area contributed by atoms with Crippen molar-refractivity contribution in [3.8, 4) is 5.75 Å². The van der Waals surface area contributed by atoms with E-state index in [9.17, 15) is 33.9 Å². The van der Waals surface area contributed by atoms with E-state index in [0.717, 1.165) is 0 Å². The number of nitrogens with zero attached hydrogens (tertiary/aromatic N) is 1. The van der Waals surface area contributed by atoms with Gasteiger partial charge in [0.25, 0.3) is 0 Å². The second kappa shape index (κ2) is 23.9. The maximum Gasteiger partial charge on any atom is 0.245 e. The number of nitrogens with two attached hydrogens (primary N) is 2. The van der Waals surface area contributed by atoms with Crippen LogP contribution >= 0.6 is 0 Å². The average Bonchev–Trinajstić information content (AvgIpc) is 3.67. The Labute approximate surface area is 339 Å². The summed E-state index contributed by atoms with van der Waals surface area (Å²) < 4.78 is 0. The first kappa shape index (κ1) is 47.2. The number of hydrogen-bond acceptors (Lipinski definition) is 10. The number of rotatable bonds is 14. The van der Waals surface area contributed by atoms with E-state index in [0.29, 0.717) is 102 Å². The molecule has 9 N–H and O–H groups in total. The van der Waals surface area contributed by atoms with Crippen molar-refractivity contribution < 1.29 is 33.9 Å². The second-order valence-corrected chi connectivity index (χ2v) is 16.4. The minimum absolute atomic E-state index is 0.00276. The molecule has 14 nitrogen and oxygen atoms in total. The monoisotopic (exact) mass is 796 g/mol. The van der Waals surface area contributed by atoms with Gasteiger partial charge in [0.1, 0.15) is 29.7 Å². The van der Waals surface area contributed by atoms with Crippen molar-refractivity contribution in [3.05, 3.63) is 41.5 Å². The normalized spacial score (nSPS) is 23.3. The lowest BCUT2D eigenvalue weighted by Gasteiger charge is -2.31. The van der Waals surface area contributed by atoms with E-state index in [1.54, 1.807) is 18.2 Å². The van der Waals surface area contributed by atoms with Gasteiger partial charge in [-0.3, -0.25) is 28.8 Å². The quantitative estimate of drug-likeness (QED) is 0.108. The standard InChI is InChI=1S/C43H69N7O7/c1-6-28(4)39(38(53)26-32(29(5)51)23-27(2)3)49-41(55)35-25-30-17-18-37(52)31(24-30)13-8-10-20-46-21-11-14-33(45)40(54)47-34(15-7-9-19-44)43(57)50-22-12-16-36(50)42(56)48-35/h8,10,17-18,24,27-28,32-36,39,46,52H,6-7,9,11-16,19-23,25-26,44-45H2,1-5H3,(H,47,54)(H,48,56)(H,49,55)/t28?,32-,33+,34+,35+,36+,39+/m1/s1. The van der Waals surface area contributed by atoms with Crippen LogP contribution in [0.2, 0.25) is 0 Å². The van der Waals surface area contributed by atoms with Crippen molar-refractivity contribution in [2.45, 2.75) is 142 Å². The second-order valence-electron chi connectivity index (χ2n) is 16.4. The summed E-state index contributed by atoms with van der Waals surface area (Å²) in [4.78, 5) is 83.8. The van der Waals surface area contributed by atoms with E-state index in [1.165, 1.54) is 11.8 Å². The molecule has 2 aliphatic rings. The van der Waals surface area contributed by atoms with Crippen LogP contribution in [0, 0.1) is 17.8 Å². The fraction of sp³-hybridized carbons (Fsp3) is 0.674. The number of carbonyl (C=O) groups is 6. The lowest BCUT2D eigenvalue weighted by Crippen LogP contribution is -2.59. The van der Waals surface area contributed by atoms with Gasteiger partial charge in [-0.15, -0.1) is 0 Å². The third kappa shape index (κ3) is 15.0. The lowest BCUT2D eigenvalue weighted by molar-refractivity contribution is -0.142. The zero-order valence-electron chi connectivity index (χ0n) is 34.8. The van der Waals surface area contributed by atoms with Gasteiger partial charge in [0.05, 0.1) is 12.1 Å². The van der Waals surface area contributed by atoms with Gasteiger partial charge in [-0.2, -0.15) is 0 Å². The summed E-state index contributed by atoms with van der Waals surface area (Å²) in [7, 11) is 0. The molecule has 2 bridgehead atoms. The Hall–Kier alpha value is -4.14. The van der Waals surface area contributed by atoms with Crippen molar-refractivity contribution in [2.24, 2.45) is 29.2 Å². The van der Waals surface area contributed by atoms with Gasteiger partial charge in [0.2, 0.25) is 23.6 Å². The molecule has 1 unspecified atom stereocenters. The molecule has 0 aromatic heterocycles. The number of aromatic hydroxyl groups is 1. The van der Waals surface area contributed by atoms with Gasteiger partial charge in [0, 0.05) is 31.8 Å². The smallest absolute Gasteiger partial charge is 0.245 e. The average molecular weight is 796 g/mol. The first-order valence-electron chi connectivity index (χ1n) is 21.0. The molecule has 3 rings (SSSR count). The summed E-state index contributed by atoms with van der Waals surface area (Å²) in [6.07, 6.45) is 8.97. The van der Waals surface area contributed by atoms with Crippen molar-refractivity contribution in [1.29, 1.82) is 0 Å². The Morgan fingerprint density at radius 3 is 2.46 bits per heavy atom. The van der Waals surface area contributed by atoms with Crippen LogP contribution in [0.5, 0.6) is 5.75 Å². The summed E-state index contributed by atoms with van der Waals surface area (Å²) in [5, 5.41) is 22.7. The molecule has 0 radical (unpaired) electrons. The number of phenols is 1. The molecule has 0 aliphatic carbocycles. The minimum atomic E-state index is -1.15. The van der Waals surface area contributed by atoms with Crippen LogP contribution in [0.3, 0.4) is 0 Å². The van der Waals surface area contributed by atoms with Crippen molar-refractivity contribution >= 4 is 35.2 Å². The van der Waals surface area contributed by atoms with Crippen LogP contribution in [0.25, 0.3) is 0 Å². The number of benzene rings is 1. The summed E-state index contributed by atoms with van der Waals surface area (Å²) in [5.74, 6) is -2.68. The van der Waals surface area contributed by atoms with Gasteiger partial charge in [0.15, 0.2) is 5.78 Å². The number of carbonyl (C=O) groups excluding carboxylic acids is 6. The van der Waals surface area contributed by atoms with Crippen LogP contribution in [-0.2, 0) is 41.6 Å². The Kier molecular flexibility index (Phi) is 19.8. The summed E-state index contributed by atoms with van der Waals surface area (Å²) in [6.45, 7) is 11.2. The summed E-state index contributed by atoms with van der Waals surface area (Å²) >= 11 is 0. The number of ketones is 2. The predicted molar refractivity (Wildman–Crippen MR) is 221 cm³/mol. The first-order valence-corrected chi connectivity index (χ1v) is 21.0. The number of hydrogen-bond donors (Lipinski definition) is 7. The van der Waals surface area contributed by atoms with Crippen molar-refractivity contribution in [2.75, 3.05) is 26.2 Å². The number of unbranched alkanes of at least 4 members (excludes halogenated alkanes) is 1. The Bertz CT molecular complexity index is 1550. The van der Waals surface area contributed by atoms with E-state index in [4.69, 9.17) is 11.5 Å². The Morgan fingerprint density at radius 1 is 1.02 bits per heavy atom. The predicted octanol–water partition coefficient (Wildman–Crippen LogP) is 2.58. The maximum absolute atomic E-state index is 14.4. The highest BCUT2D eigenvalue weighted by molar-refractivity contribution is 5.97.